The zero-order valence-corrected chi connectivity index (χ0v) is 20.7. The fourth-order valence-electron chi connectivity index (χ4n) is 3.63. The Morgan fingerprint density at radius 2 is 1.71 bits per heavy atom. The predicted molar refractivity (Wildman–Crippen MR) is 131 cm³/mol. The third kappa shape index (κ3) is 6.18. The summed E-state index contributed by atoms with van der Waals surface area (Å²) in [5, 5.41) is -0.223. The Labute approximate surface area is 200 Å². The molecular weight excluding hydrogens is 452 g/mol. The van der Waals surface area contributed by atoms with Gasteiger partial charge < -0.3 is 10.5 Å². The van der Waals surface area contributed by atoms with Crippen LogP contribution in [-0.2, 0) is 16.4 Å². The number of aryl methyl sites for hydroxylation is 5. The molecule has 0 fully saturated rings. The summed E-state index contributed by atoms with van der Waals surface area (Å²) < 4.78 is 33.9. The normalized spacial score (nSPS) is 11.3. The number of carbonyl (C=O) groups excluding carboxylic acids is 1. The molecule has 3 rings (SSSR count). The number of nitrogens with two attached hydrogens (primary N) is 1. The molecule has 1 aromatic carbocycles. The maximum atomic E-state index is 13.0. The van der Waals surface area contributed by atoms with Gasteiger partial charge in [0, 0.05) is 11.4 Å². The molecule has 180 valence electrons. The number of aromatic nitrogens is 2. The van der Waals surface area contributed by atoms with Gasteiger partial charge in [0.15, 0.2) is 5.03 Å². The molecule has 0 unspecified atom stereocenters. The van der Waals surface area contributed by atoms with Crippen LogP contribution in [0, 0.1) is 27.7 Å². The van der Waals surface area contributed by atoms with E-state index in [0.717, 1.165) is 29.5 Å². The van der Waals surface area contributed by atoms with Gasteiger partial charge in [-0.2, -0.15) is 8.42 Å². The minimum atomic E-state index is -4.20. The zero-order valence-electron chi connectivity index (χ0n) is 19.9. The molecule has 3 aromatic rings. The van der Waals surface area contributed by atoms with Crippen molar-refractivity contribution in [3.63, 3.8) is 0 Å². The summed E-state index contributed by atoms with van der Waals surface area (Å²) >= 11 is 0. The van der Waals surface area contributed by atoms with Gasteiger partial charge in [-0.3, -0.25) is 4.79 Å². The van der Waals surface area contributed by atoms with Crippen LogP contribution in [0.5, 0.6) is 11.6 Å². The number of hydrogen-bond donors (Lipinski definition) is 2. The van der Waals surface area contributed by atoms with Crippen LogP contribution in [0.3, 0.4) is 0 Å². The Hall–Kier alpha value is -3.30. The predicted octanol–water partition coefficient (Wildman–Crippen LogP) is 3.90. The van der Waals surface area contributed by atoms with Crippen molar-refractivity contribution in [2.75, 3.05) is 6.54 Å². The van der Waals surface area contributed by atoms with E-state index in [4.69, 9.17) is 10.5 Å². The molecule has 0 saturated carbocycles. The number of unbranched alkanes of at least 4 members (excludes halogenated alkanes) is 1. The smallest absolute Gasteiger partial charge is 0.281 e. The molecule has 9 heteroatoms. The molecule has 3 N–H and O–H groups in total. The van der Waals surface area contributed by atoms with Crippen molar-refractivity contribution >= 4 is 15.9 Å². The van der Waals surface area contributed by atoms with E-state index in [-0.39, 0.29) is 16.5 Å². The highest BCUT2D eigenvalue weighted by Gasteiger charge is 2.24. The van der Waals surface area contributed by atoms with Crippen molar-refractivity contribution < 1.29 is 17.9 Å². The van der Waals surface area contributed by atoms with Crippen molar-refractivity contribution in [2.45, 2.75) is 52.0 Å². The van der Waals surface area contributed by atoms with Crippen LogP contribution in [0.1, 0.15) is 51.3 Å². The quantitative estimate of drug-likeness (QED) is 0.443. The number of nitrogens with zero attached hydrogens (tertiary/aromatic N) is 2. The van der Waals surface area contributed by atoms with Crippen LogP contribution in [0.4, 0.5) is 0 Å². The van der Waals surface area contributed by atoms with Crippen molar-refractivity contribution in [1.29, 1.82) is 0 Å². The second-order valence-corrected chi connectivity index (χ2v) is 9.91. The third-order valence-electron chi connectivity index (χ3n) is 5.22. The largest absolute Gasteiger partial charge is 0.438 e. The topological polar surface area (TPSA) is 124 Å². The highest BCUT2D eigenvalue weighted by molar-refractivity contribution is 7.90. The molecule has 0 aliphatic rings. The summed E-state index contributed by atoms with van der Waals surface area (Å²) in [6.07, 6.45) is 2.22. The van der Waals surface area contributed by atoms with Gasteiger partial charge in [-0.15, -0.1) is 0 Å². The number of nitrogens with one attached hydrogen (secondary N) is 1. The van der Waals surface area contributed by atoms with Crippen LogP contribution in [0.25, 0.3) is 0 Å². The van der Waals surface area contributed by atoms with E-state index in [1.54, 1.807) is 25.1 Å². The summed E-state index contributed by atoms with van der Waals surface area (Å²) in [7, 11) is -4.20. The van der Waals surface area contributed by atoms with Gasteiger partial charge in [-0.1, -0.05) is 23.8 Å². The average Bonchev–Trinajstić information content (AvgIpc) is 2.76. The Morgan fingerprint density at radius 1 is 1.00 bits per heavy atom. The van der Waals surface area contributed by atoms with E-state index in [9.17, 15) is 13.2 Å². The van der Waals surface area contributed by atoms with Crippen LogP contribution >= 0.6 is 0 Å². The average molecular weight is 483 g/mol. The fourth-order valence-corrected chi connectivity index (χ4v) is 4.59. The minimum Gasteiger partial charge on any atom is -0.438 e. The number of carbonyl (C=O) groups is 1. The number of hydrogen-bond acceptors (Lipinski definition) is 7. The Bertz CT molecular complexity index is 1280. The molecule has 8 nitrogen and oxygen atoms in total. The number of sulfonamides is 1. The fraction of sp³-hybridized carbons (Fsp3) is 0.320. The van der Waals surface area contributed by atoms with Crippen LogP contribution in [-0.4, -0.2) is 30.8 Å². The molecule has 0 bridgehead atoms. The van der Waals surface area contributed by atoms with E-state index < -0.39 is 15.9 Å². The number of benzene rings is 1. The summed E-state index contributed by atoms with van der Waals surface area (Å²) in [5.74, 6) is -0.237. The van der Waals surface area contributed by atoms with Gasteiger partial charge in [0.05, 0.1) is 0 Å². The molecule has 0 aliphatic carbocycles. The summed E-state index contributed by atoms with van der Waals surface area (Å²) in [6.45, 7) is 8.12. The van der Waals surface area contributed by atoms with Gasteiger partial charge in [-0.25, -0.2) is 14.7 Å². The summed E-state index contributed by atoms with van der Waals surface area (Å²) in [6, 6.07) is 11.8. The molecule has 0 saturated heterocycles. The summed E-state index contributed by atoms with van der Waals surface area (Å²) in [4.78, 5) is 21.6. The van der Waals surface area contributed by atoms with Crippen LogP contribution in [0.2, 0.25) is 0 Å². The number of pyridine rings is 2. The maximum absolute atomic E-state index is 13.0. The van der Waals surface area contributed by atoms with Crippen molar-refractivity contribution in [1.82, 2.24) is 14.7 Å². The number of amides is 1. The second-order valence-electron chi connectivity index (χ2n) is 8.28. The van der Waals surface area contributed by atoms with Crippen LogP contribution in [0.15, 0.2) is 47.5 Å². The van der Waals surface area contributed by atoms with E-state index in [1.165, 1.54) is 12.1 Å². The Morgan fingerprint density at radius 3 is 2.38 bits per heavy atom. The van der Waals surface area contributed by atoms with E-state index in [2.05, 4.69) is 14.7 Å². The second kappa shape index (κ2) is 10.8. The van der Waals surface area contributed by atoms with Crippen molar-refractivity contribution in [2.24, 2.45) is 5.73 Å². The molecule has 0 atom stereocenters. The first kappa shape index (κ1) is 25.3. The Balaban J connectivity index is 1.87. The zero-order chi connectivity index (χ0) is 24.9. The third-order valence-corrected chi connectivity index (χ3v) is 6.45. The molecule has 2 aromatic heterocycles. The first-order chi connectivity index (χ1) is 16.1. The lowest BCUT2D eigenvalue weighted by atomic mass is 10.1. The first-order valence-corrected chi connectivity index (χ1v) is 12.6. The SMILES string of the molecule is Cc1cc(C)c(Oc2nc(C)ccc2C(=O)NS(=O)(=O)c2cccc(CCCCN)n2)c(C)c1. The van der Waals surface area contributed by atoms with Gasteiger partial charge in [0.1, 0.15) is 11.3 Å². The van der Waals surface area contributed by atoms with E-state index in [0.29, 0.717) is 30.1 Å². The molecule has 34 heavy (non-hydrogen) atoms. The Kier molecular flexibility index (Phi) is 8.01. The van der Waals surface area contributed by atoms with Crippen molar-refractivity contribution in [3.05, 3.63) is 76.1 Å². The minimum absolute atomic E-state index is 0.00708. The highest BCUT2D eigenvalue weighted by atomic mass is 32.2. The number of ether oxygens (including phenoxy) is 1. The molecule has 2 heterocycles. The van der Waals surface area contributed by atoms with Gasteiger partial charge in [0.25, 0.3) is 15.9 Å². The van der Waals surface area contributed by atoms with Gasteiger partial charge >= 0.3 is 0 Å². The molecule has 0 aliphatic heterocycles. The lowest BCUT2D eigenvalue weighted by Gasteiger charge is -2.15. The first-order valence-electron chi connectivity index (χ1n) is 11.1. The molecule has 1 amide bonds. The molecule has 0 spiro atoms. The van der Waals surface area contributed by atoms with Gasteiger partial charge in [-0.05, 0) is 88.9 Å². The molecule has 0 radical (unpaired) electrons. The molecular formula is C25H30N4O4S. The van der Waals surface area contributed by atoms with Gasteiger partial charge in [0.2, 0.25) is 5.88 Å². The van der Waals surface area contributed by atoms with E-state index in [1.807, 2.05) is 32.9 Å². The maximum Gasteiger partial charge on any atom is 0.281 e. The van der Waals surface area contributed by atoms with E-state index >= 15 is 0 Å². The van der Waals surface area contributed by atoms with Crippen molar-refractivity contribution in [3.8, 4) is 11.6 Å². The lowest BCUT2D eigenvalue weighted by Crippen LogP contribution is -2.31. The lowest BCUT2D eigenvalue weighted by molar-refractivity contribution is 0.0978. The van der Waals surface area contributed by atoms with Crippen LogP contribution < -0.4 is 15.2 Å². The monoisotopic (exact) mass is 482 g/mol. The number of rotatable bonds is 9. The summed E-state index contributed by atoms with van der Waals surface area (Å²) in [5.41, 5.74) is 9.63. The highest BCUT2D eigenvalue weighted by Crippen LogP contribution is 2.31. The standard InChI is InChI=1S/C25H30N4O4S/c1-16-14-17(2)23(18(3)15-16)33-25-21(12-11-19(4)27-25)24(30)29-34(31,32)22-10-7-9-20(28-22)8-5-6-13-26/h7,9-12,14-15H,5-6,8,13,26H2,1-4H3,(H,29,30).